The van der Waals surface area contributed by atoms with E-state index < -0.39 is 0 Å². The number of hydrogen-bond acceptors (Lipinski definition) is 0. The molecule has 0 radical (unpaired) electrons. The Balaban J connectivity index is 0.000000160. The lowest BCUT2D eigenvalue weighted by Gasteiger charge is -1.64. The van der Waals surface area contributed by atoms with E-state index in [1.807, 2.05) is 0 Å². The molecule has 32 valence electrons. The van der Waals surface area contributed by atoms with Gasteiger partial charge in [0.1, 0.15) is 13.1 Å². The zero-order chi connectivity index (χ0) is 2.99. The fourth-order valence-electron chi connectivity index (χ4n) is 0.125. The summed E-state index contributed by atoms with van der Waals surface area (Å²) in [4.78, 5) is 1.67. The van der Waals surface area contributed by atoms with Crippen molar-refractivity contribution in [1.29, 1.82) is 0 Å². The first-order chi connectivity index (χ1) is 1.89. The molecule has 0 saturated carbocycles. The number of hydrogen-bond donors (Lipinski definition) is 1. The fourth-order valence-corrected chi connectivity index (χ4v) is 0.125. The third kappa shape index (κ3) is 2.04. The zero-order valence-corrected chi connectivity index (χ0v) is 4.05. The van der Waals surface area contributed by atoms with E-state index in [0.29, 0.717) is 0 Å². The van der Waals surface area contributed by atoms with Crippen molar-refractivity contribution in [2.75, 3.05) is 20.1 Å². The molecule has 0 atom stereocenters. The van der Waals surface area contributed by atoms with Gasteiger partial charge < -0.3 is 17.3 Å². The van der Waals surface area contributed by atoms with E-state index in [9.17, 15) is 0 Å². The molecule has 0 aromatic rings. The van der Waals surface area contributed by atoms with Crippen molar-refractivity contribution < 1.29 is 17.3 Å². The predicted molar refractivity (Wildman–Crippen MR) is 16.6 cm³/mol. The Morgan fingerprint density at radius 2 is 1.60 bits per heavy atom. The molecule has 0 amide bonds. The van der Waals surface area contributed by atoms with E-state index in [1.165, 1.54) is 13.1 Å². The molecule has 1 nitrogen and oxygen atoms in total. The number of rotatable bonds is 0. The Labute approximate surface area is 38.4 Å². The van der Waals surface area contributed by atoms with Crippen LogP contribution in [-0.2, 0) is 0 Å². The molecule has 1 heterocycles. The first kappa shape index (κ1) is 5.25. The van der Waals surface area contributed by atoms with Crippen molar-refractivity contribution in [3.63, 3.8) is 0 Å². The van der Waals surface area contributed by atoms with Crippen molar-refractivity contribution in [3.8, 4) is 0 Å². The molecule has 5 heavy (non-hydrogen) atoms. The van der Waals surface area contributed by atoms with Crippen LogP contribution in [-0.4, -0.2) is 20.1 Å². The minimum Gasteiger partial charge on any atom is -1.00 e. The molecule has 0 aliphatic carbocycles. The molecule has 1 fully saturated rings. The van der Waals surface area contributed by atoms with Gasteiger partial charge in [-0.3, -0.25) is 0 Å². The summed E-state index contributed by atoms with van der Waals surface area (Å²) < 4.78 is 0. The molecule has 2 heteroatoms. The van der Waals surface area contributed by atoms with Crippen LogP contribution in [0.3, 0.4) is 0 Å². The Morgan fingerprint density at radius 1 is 1.40 bits per heavy atom. The Morgan fingerprint density at radius 3 is 1.60 bits per heavy atom. The second kappa shape index (κ2) is 1.63. The van der Waals surface area contributed by atoms with Crippen LogP contribution < -0.4 is 17.3 Å². The quantitative estimate of drug-likeness (QED) is 0.288. The Hall–Kier alpha value is 0.250. The molecule has 1 saturated heterocycles. The lowest BCUT2D eigenvalue weighted by atomic mass is 11.0. The third-order valence-electron chi connectivity index (χ3n) is 0.750. The van der Waals surface area contributed by atoms with Crippen LogP contribution in [0, 0.1) is 0 Å². The van der Waals surface area contributed by atoms with E-state index in [2.05, 4.69) is 7.05 Å². The van der Waals surface area contributed by atoms with Crippen LogP contribution in [0.2, 0.25) is 0 Å². The maximum Gasteiger partial charge on any atom is 0.127 e. The summed E-state index contributed by atoms with van der Waals surface area (Å²) in [6.07, 6.45) is 0. The van der Waals surface area contributed by atoms with Crippen molar-refractivity contribution in [3.05, 3.63) is 0 Å². The summed E-state index contributed by atoms with van der Waals surface area (Å²) in [6, 6.07) is 0. The van der Waals surface area contributed by atoms with Crippen LogP contribution in [0.25, 0.3) is 0 Å². The van der Waals surface area contributed by atoms with Gasteiger partial charge in [-0.1, -0.05) is 0 Å². The highest BCUT2D eigenvalue weighted by Crippen LogP contribution is 1.50. The highest BCUT2D eigenvalue weighted by molar-refractivity contribution is 4.30. The minimum absolute atomic E-state index is 0. The Bertz CT molecular complexity index is 26.1. The largest absolute Gasteiger partial charge is 1.00 e. The SMILES string of the molecule is C[NH+]1CC1.[Cl-]. The van der Waals surface area contributed by atoms with E-state index >= 15 is 0 Å². The maximum absolute atomic E-state index is 2.19. The van der Waals surface area contributed by atoms with E-state index in [4.69, 9.17) is 0 Å². The maximum atomic E-state index is 2.19. The third-order valence-corrected chi connectivity index (χ3v) is 0.750. The standard InChI is InChI=1S/C3H7N.ClH/c1-4-2-3-4;/h2-3H2,1H3;1H. The van der Waals surface area contributed by atoms with Crippen LogP contribution >= 0.6 is 0 Å². The average Bonchev–Trinajstić information content (AvgIpc) is 1.75. The van der Waals surface area contributed by atoms with Crippen LogP contribution in [0.1, 0.15) is 0 Å². The summed E-state index contributed by atoms with van der Waals surface area (Å²) in [7, 11) is 2.19. The highest BCUT2D eigenvalue weighted by atomic mass is 35.5. The first-order valence-electron chi connectivity index (χ1n) is 1.71. The van der Waals surface area contributed by atoms with Gasteiger partial charge in [-0.15, -0.1) is 0 Å². The molecule has 0 unspecified atom stereocenters. The van der Waals surface area contributed by atoms with Crippen LogP contribution in [0.15, 0.2) is 0 Å². The summed E-state index contributed by atoms with van der Waals surface area (Å²) in [5, 5.41) is 0. The summed E-state index contributed by atoms with van der Waals surface area (Å²) in [5.41, 5.74) is 0. The van der Waals surface area contributed by atoms with Gasteiger partial charge in [-0.25, -0.2) is 0 Å². The monoisotopic (exact) mass is 93.0 g/mol. The number of likely N-dealkylation sites (N-methyl/N-ethyl adjacent to an activating group) is 1. The molecular weight excluding hydrogens is 85.5 g/mol. The lowest BCUT2D eigenvalue weighted by molar-refractivity contribution is -0.733. The van der Waals surface area contributed by atoms with E-state index in [-0.39, 0.29) is 12.4 Å². The van der Waals surface area contributed by atoms with Crippen molar-refractivity contribution in [2.24, 2.45) is 0 Å². The van der Waals surface area contributed by atoms with Gasteiger partial charge in [0.25, 0.3) is 0 Å². The predicted octanol–water partition coefficient (Wildman–Crippen LogP) is -4.48. The molecule has 0 aromatic carbocycles. The minimum atomic E-state index is 0. The molecule has 1 rings (SSSR count). The second-order valence-corrected chi connectivity index (χ2v) is 1.46. The molecule has 0 bridgehead atoms. The molecule has 1 aliphatic rings. The van der Waals surface area contributed by atoms with Gasteiger partial charge >= 0.3 is 0 Å². The fraction of sp³-hybridized carbons (Fsp3) is 1.00. The summed E-state index contributed by atoms with van der Waals surface area (Å²) in [5.74, 6) is 0. The van der Waals surface area contributed by atoms with Gasteiger partial charge in [0, 0.05) is 0 Å². The van der Waals surface area contributed by atoms with Gasteiger partial charge in [0.05, 0.1) is 7.05 Å². The van der Waals surface area contributed by atoms with Crippen molar-refractivity contribution in [1.82, 2.24) is 0 Å². The molecular formula is C3H8ClN. The lowest BCUT2D eigenvalue weighted by Crippen LogP contribution is -3.00. The average molecular weight is 93.6 g/mol. The van der Waals surface area contributed by atoms with Gasteiger partial charge in [0.15, 0.2) is 0 Å². The summed E-state index contributed by atoms with van der Waals surface area (Å²) >= 11 is 0. The van der Waals surface area contributed by atoms with Crippen molar-refractivity contribution in [2.45, 2.75) is 0 Å². The zero-order valence-electron chi connectivity index (χ0n) is 3.29. The molecule has 0 spiro atoms. The molecule has 1 N–H and O–H groups in total. The molecule has 1 aliphatic heterocycles. The molecule has 0 aromatic heterocycles. The van der Waals surface area contributed by atoms with Gasteiger partial charge in [0.2, 0.25) is 0 Å². The number of halogens is 1. The van der Waals surface area contributed by atoms with Crippen molar-refractivity contribution >= 4 is 0 Å². The van der Waals surface area contributed by atoms with Crippen LogP contribution in [0.5, 0.6) is 0 Å². The number of nitrogens with one attached hydrogen (secondary N) is 1. The smallest absolute Gasteiger partial charge is 0.127 e. The second-order valence-electron chi connectivity index (χ2n) is 1.46. The summed E-state index contributed by atoms with van der Waals surface area (Å²) in [6.45, 7) is 2.81. The topological polar surface area (TPSA) is 4.44 Å². The Kier molecular flexibility index (Phi) is 1.71. The highest BCUT2D eigenvalue weighted by Gasteiger charge is 2.14. The normalized spacial score (nSPS) is 21.0. The van der Waals surface area contributed by atoms with E-state index in [1.54, 1.807) is 4.90 Å². The van der Waals surface area contributed by atoms with Gasteiger partial charge in [-0.05, 0) is 0 Å². The number of quaternary nitrogens is 1. The van der Waals surface area contributed by atoms with Crippen LogP contribution in [0.4, 0.5) is 0 Å². The first-order valence-corrected chi connectivity index (χ1v) is 1.71. The van der Waals surface area contributed by atoms with Gasteiger partial charge in [-0.2, -0.15) is 0 Å². The van der Waals surface area contributed by atoms with E-state index in [0.717, 1.165) is 0 Å².